The maximum Gasteiger partial charge on any atom is 0.229 e. The van der Waals surface area contributed by atoms with Gasteiger partial charge in [0.15, 0.2) is 5.75 Å². The number of nitrogens with two attached hydrogens (primary N) is 1. The van der Waals surface area contributed by atoms with E-state index in [4.69, 9.17) is 14.6 Å². The molecule has 0 unspecified atom stereocenters. The molecule has 0 aromatic heterocycles. The second-order valence-corrected chi connectivity index (χ2v) is 6.92. The molecule has 18 heavy (non-hydrogen) atoms. The van der Waals surface area contributed by atoms with Crippen molar-refractivity contribution in [1.29, 1.82) is 0 Å². The molecule has 0 aliphatic heterocycles. The van der Waals surface area contributed by atoms with Gasteiger partial charge in [0.25, 0.3) is 0 Å². The van der Waals surface area contributed by atoms with Crippen LogP contribution in [-0.2, 0) is 15.4 Å². The number of sulfonamides is 1. The Kier molecular flexibility index (Phi) is 2.73. The second kappa shape index (κ2) is 4.68. The Morgan fingerprint density at radius 3 is 2.44 bits per heavy atom. The summed E-state index contributed by atoms with van der Waals surface area (Å²) in [6, 6.07) is 3.10. The van der Waals surface area contributed by atoms with E-state index in [1.807, 2.05) is 20.8 Å². The molecule has 1 aromatic carbocycles. The first-order chi connectivity index (χ1) is 9.19. The molecule has 0 heterocycles. The van der Waals surface area contributed by atoms with E-state index in [-0.39, 0.29) is 22.5 Å². The Labute approximate surface area is 113 Å². The van der Waals surface area contributed by atoms with Crippen molar-refractivity contribution in [2.24, 2.45) is 0 Å². The van der Waals surface area contributed by atoms with Gasteiger partial charge >= 0.3 is 0 Å². The normalized spacial score (nSPS) is 15.4. The third-order valence-corrected chi connectivity index (χ3v) is 2.97. The zero-order valence-electron chi connectivity index (χ0n) is 13.9. The lowest BCUT2D eigenvalue weighted by molar-refractivity contribution is 0.418. The summed E-state index contributed by atoms with van der Waals surface area (Å²) < 4.78 is 51.4. The zero-order chi connectivity index (χ0) is 16.6. The molecule has 102 valence electrons. The highest BCUT2D eigenvalue weighted by molar-refractivity contribution is 7.92. The first-order valence-electron chi connectivity index (χ1n) is 6.80. The van der Waals surface area contributed by atoms with Crippen molar-refractivity contribution >= 4 is 21.4 Å². The van der Waals surface area contributed by atoms with Crippen molar-refractivity contribution in [2.45, 2.75) is 26.2 Å². The van der Waals surface area contributed by atoms with Gasteiger partial charge in [0.2, 0.25) is 10.0 Å². The molecule has 0 saturated carbocycles. The summed E-state index contributed by atoms with van der Waals surface area (Å²) in [4.78, 5) is 0. The largest absolute Gasteiger partial charge is 0.492 e. The molecule has 0 aliphatic rings. The van der Waals surface area contributed by atoms with Crippen LogP contribution in [0.5, 0.6) is 5.75 Å². The maximum atomic E-state index is 11.4. The maximum absolute atomic E-state index is 11.4. The van der Waals surface area contributed by atoms with E-state index in [0.29, 0.717) is 0 Å². The number of benzene rings is 1. The molecule has 1 rings (SSSR count). The summed E-state index contributed by atoms with van der Waals surface area (Å²) >= 11 is 0. The standard InChI is InChI=1S/C12H20N2O3S/c1-12(2,3)8-6-9(13)11(17-4)10(7-8)14-18(5,15)16/h6-7,14H,13H2,1-5H3/i4D3. The SMILES string of the molecule is [2H]C([2H])([2H])Oc1c(N)cc(C(C)(C)C)cc1NS(C)(=O)=O. The molecule has 0 fully saturated rings. The number of nitrogen functional groups attached to an aromatic ring is 1. The lowest BCUT2D eigenvalue weighted by atomic mass is 9.86. The number of rotatable bonds is 3. The van der Waals surface area contributed by atoms with Crippen molar-refractivity contribution in [3.8, 4) is 5.75 Å². The van der Waals surface area contributed by atoms with Crippen LogP contribution >= 0.6 is 0 Å². The highest BCUT2D eigenvalue weighted by Crippen LogP contribution is 2.37. The summed E-state index contributed by atoms with van der Waals surface area (Å²) in [6.45, 7) is 5.78. The molecule has 0 spiro atoms. The molecule has 6 heteroatoms. The van der Waals surface area contributed by atoms with Crippen molar-refractivity contribution in [1.82, 2.24) is 0 Å². The van der Waals surface area contributed by atoms with Crippen LogP contribution in [0.4, 0.5) is 11.4 Å². The van der Waals surface area contributed by atoms with Gasteiger partial charge in [-0.2, -0.15) is 0 Å². The van der Waals surface area contributed by atoms with Gasteiger partial charge in [0, 0.05) is 0 Å². The van der Waals surface area contributed by atoms with E-state index in [2.05, 4.69) is 4.72 Å². The van der Waals surface area contributed by atoms with Crippen LogP contribution in [0, 0.1) is 0 Å². The third kappa shape index (κ3) is 3.53. The minimum Gasteiger partial charge on any atom is -0.492 e. The fourth-order valence-electron chi connectivity index (χ4n) is 1.47. The zero-order valence-corrected chi connectivity index (χ0v) is 11.7. The first kappa shape index (κ1) is 10.5. The number of hydrogen-bond donors (Lipinski definition) is 2. The summed E-state index contributed by atoms with van der Waals surface area (Å²) in [5, 5.41) is 0. The Morgan fingerprint density at radius 1 is 1.39 bits per heavy atom. The highest BCUT2D eigenvalue weighted by Gasteiger charge is 2.19. The van der Waals surface area contributed by atoms with Gasteiger partial charge in [-0.15, -0.1) is 0 Å². The van der Waals surface area contributed by atoms with E-state index in [1.165, 1.54) is 6.07 Å². The average Bonchev–Trinajstić information content (AvgIpc) is 2.17. The summed E-state index contributed by atoms with van der Waals surface area (Å²) in [5.74, 6) is -0.201. The fourth-order valence-corrected chi connectivity index (χ4v) is 2.02. The molecule has 0 bridgehead atoms. The Balaban J connectivity index is 3.48. The molecular weight excluding hydrogens is 252 g/mol. The first-order valence-corrected chi connectivity index (χ1v) is 7.19. The van der Waals surface area contributed by atoms with Crippen molar-refractivity contribution in [3.63, 3.8) is 0 Å². The van der Waals surface area contributed by atoms with Gasteiger partial charge in [-0.1, -0.05) is 20.8 Å². The van der Waals surface area contributed by atoms with E-state index < -0.39 is 17.1 Å². The summed E-state index contributed by atoms with van der Waals surface area (Å²) in [5.41, 5.74) is 6.37. The van der Waals surface area contributed by atoms with Crippen LogP contribution in [0.1, 0.15) is 30.4 Å². The summed E-state index contributed by atoms with van der Waals surface area (Å²) in [7, 11) is -6.33. The van der Waals surface area contributed by atoms with Crippen molar-refractivity contribution in [2.75, 3.05) is 23.7 Å². The van der Waals surface area contributed by atoms with E-state index in [1.54, 1.807) is 6.07 Å². The average molecular weight is 275 g/mol. The van der Waals surface area contributed by atoms with Crippen molar-refractivity contribution < 1.29 is 17.3 Å². The van der Waals surface area contributed by atoms with Gasteiger partial charge < -0.3 is 10.5 Å². The van der Waals surface area contributed by atoms with Crippen LogP contribution in [0.2, 0.25) is 0 Å². The van der Waals surface area contributed by atoms with Crippen LogP contribution in [-0.4, -0.2) is 21.7 Å². The smallest absolute Gasteiger partial charge is 0.229 e. The van der Waals surface area contributed by atoms with Crippen LogP contribution in [0.15, 0.2) is 12.1 Å². The van der Waals surface area contributed by atoms with Gasteiger partial charge in [-0.05, 0) is 23.1 Å². The van der Waals surface area contributed by atoms with Gasteiger partial charge in [-0.3, -0.25) is 4.72 Å². The van der Waals surface area contributed by atoms with Crippen LogP contribution in [0.3, 0.4) is 0 Å². The number of anilines is 2. The summed E-state index contributed by atoms with van der Waals surface area (Å²) in [6.07, 6.45) is 0.964. The monoisotopic (exact) mass is 275 g/mol. The number of nitrogens with one attached hydrogen (secondary N) is 1. The highest BCUT2D eigenvalue weighted by atomic mass is 32.2. The number of ether oxygens (including phenoxy) is 1. The fraction of sp³-hybridized carbons (Fsp3) is 0.500. The second-order valence-electron chi connectivity index (χ2n) is 5.17. The molecule has 1 aromatic rings. The lowest BCUT2D eigenvalue weighted by Gasteiger charge is -2.22. The quantitative estimate of drug-likeness (QED) is 0.826. The Morgan fingerprint density at radius 2 is 2.00 bits per heavy atom. The van der Waals surface area contributed by atoms with Gasteiger partial charge in [0.1, 0.15) is 0 Å². The van der Waals surface area contributed by atoms with Gasteiger partial charge in [0.05, 0.1) is 28.8 Å². The topological polar surface area (TPSA) is 81.4 Å². The molecule has 3 N–H and O–H groups in total. The molecule has 0 aliphatic carbocycles. The van der Waals surface area contributed by atoms with Gasteiger partial charge in [-0.25, -0.2) is 8.42 Å². The predicted molar refractivity (Wildman–Crippen MR) is 74.6 cm³/mol. The molecular formula is C12H20N2O3S. The molecule has 0 atom stereocenters. The lowest BCUT2D eigenvalue weighted by Crippen LogP contribution is -2.15. The minimum absolute atomic E-state index is 0.0125. The Hall–Kier alpha value is -1.43. The van der Waals surface area contributed by atoms with Crippen LogP contribution < -0.4 is 15.2 Å². The molecule has 0 saturated heterocycles. The minimum atomic E-state index is -3.60. The van der Waals surface area contributed by atoms with Crippen molar-refractivity contribution in [3.05, 3.63) is 17.7 Å². The molecule has 5 nitrogen and oxygen atoms in total. The number of methoxy groups -OCH3 is 1. The van der Waals surface area contributed by atoms with E-state index >= 15 is 0 Å². The third-order valence-electron chi connectivity index (χ3n) is 2.38. The predicted octanol–water partition coefficient (Wildman–Crippen LogP) is 1.95. The molecule has 0 radical (unpaired) electrons. The van der Waals surface area contributed by atoms with Crippen LogP contribution in [0.25, 0.3) is 0 Å². The van der Waals surface area contributed by atoms with E-state index in [9.17, 15) is 8.42 Å². The molecule has 0 amide bonds. The van der Waals surface area contributed by atoms with E-state index in [0.717, 1.165) is 11.8 Å². The Bertz CT molecular complexity index is 634. The number of hydrogen-bond acceptors (Lipinski definition) is 4.